The molecule has 2 bridgehead atoms. The molecule has 0 aromatic rings. The molecule has 2 aliphatic heterocycles. The van der Waals surface area contributed by atoms with Crippen LogP contribution in [0, 0.1) is 5.92 Å². The van der Waals surface area contributed by atoms with Crippen molar-refractivity contribution in [2.45, 2.75) is 89.6 Å². The lowest BCUT2D eigenvalue weighted by Crippen LogP contribution is -2.49. The van der Waals surface area contributed by atoms with Gasteiger partial charge in [-0.2, -0.15) is 0 Å². The van der Waals surface area contributed by atoms with Crippen molar-refractivity contribution in [1.29, 1.82) is 0 Å². The zero-order valence-corrected chi connectivity index (χ0v) is 16.9. The zero-order valence-electron chi connectivity index (χ0n) is 15.9. The van der Waals surface area contributed by atoms with E-state index in [1.807, 2.05) is 13.0 Å². The second kappa shape index (κ2) is 6.81. The molecule has 0 N–H and O–H groups in total. The highest BCUT2D eigenvalue weighted by atomic mass is 28.4. The number of hydrogen-bond acceptors (Lipinski definition) is 3. The summed E-state index contributed by atoms with van der Waals surface area (Å²) in [5.74, 6) is 0.277. The zero-order chi connectivity index (χ0) is 17.4. The van der Waals surface area contributed by atoms with Crippen molar-refractivity contribution in [1.82, 2.24) is 0 Å². The van der Waals surface area contributed by atoms with Gasteiger partial charge in [0.15, 0.2) is 8.32 Å². The lowest BCUT2D eigenvalue weighted by atomic mass is 9.81. The molecule has 4 heteroatoms. The van der Waals surface area contributed by atoms with Crippen molar-refractivity contribution in [3.63, 3.8) is 0 Å². The average Bonchev–Trinajstić information content (AvgIpc) is 2.74. The van der Waals surface area contributed by atoms with E-state index in [2.05, 4.69) is 47.6 Å². The minimum absolute atomic E-state index is 0.000117. The fraction of sp³-hybridized carbons (Fsp3) is 0.842. The normalized spacial score (nSPS) is 31.0. The summed E-state index contributed by atoms with van der Waals surface area (Å²) in [5.41, 5.74) is 1.31. The number of ketones is 1. The Bertz CT molecular complexity index is 447. The molecule has 2 aliphatic rings. The molecule has 132 valence electrons. The van der Waals surface area contributed by atoms with E-state index in [0.717, 1.165) is 6.42 Å². The van der Waals surface area contributed by atoms with Crippen LogP contribution in [0.3, 0.4) is 0 Å². The van der Waals surface area contributed by atoms with Crippen molar-refractivity contribution in [2.24, 2.45) is 5.92 Å². The largest absolute Gasteiger partial charge is 0.416 e. The third-order valence-electron chi connectivity index (χ3n) is 6.00. The fourth-order valence-corrected chi connectivity index (χ4v) is 10.4. The molecule has 0 saturated carbocycles. The number of ether oxygens (including phenoxy) is 1. The lowest BCUT2D eigenvalue weighted by molar-refractivity contribution is -0.148. The van der Waals surface area contributed by atoms with Crippen LogP contribution in [-0.4, -0.2) is 32.4 Å². The Morgan fingerprint density at radius 3 is 2.30 bits per heavy atom. The van der Waals surface area contributed by atoms with Gasteiger partial charge in [0.1, 0.15) is 5.78 Å². The smallest absolute Gasteiger partial charge is 0.200 e. The van der Waals surface area contributed by atoms with Crippen LogP contribution in [0.25, 0.3) is 0 Å². The van der Waals surface area contributed by atoms with Gasteiger partial charge in [-0.05, 0) is 30.0 Å². The van der Waals surface area contributed by atoms with Crippen LogP contribution in [0.1, 0.15) is 61.3 Å². The summed E-state index contributed by atoms with van der Waals surface area (Å²) < 4.78 is 12.6. The van der Waals surface area contributed by atoms with Gasteiger partial charge in [0.2, 0.25) is 0 Å². The van der Waals surface area contributed by atoms with E-state index in [4.69, 9.17) is 9.16 Å². The molecular formula is C19H34O3Si. The first-order chi connectivity index (χ1) is 10.6. The summed E-state index contributed by atoms with van der Waals surface area (Å²) >= 11 is 0. The number of carbonyl (C=O) groups excluding carboxylic acids is 1. The van der Waals surface area contributed by atoms with Gasteiger partial charge < -0.3 is 9.16 Å². The highest BCUT2D eigenvalue weighted by Crippen LogP contribution is 2.44. The van der Waals surface area contributed by atoms with Crippen molar-refractivity contribution < 1.29 is 14.0 Å². The molecule has 3 atom stereocenters. The van der Waals surface area contributed by atoms with Gasteiger partial charge in [0.25, 0.3) is 0 Å². The summed E-state index contributed by atoms with van der Waals surface area (Å²) in [7, 11) is -1.85. The van der Waals surface area contributed by atoms with E-state index < -0.39 is 13.9 Å². The summed E-state index contributed by atoms with van der Waals surface area (Å²) in [6, 6.07) is 0. The summed E-state index contributed by atoms with van der Waals surface area (Å²) in [5, 5.41) is 0. The summed E-state index contributed by atoms with van der Waals surface area (Å²) in [4.78, 5) is 12.5. The van der Waals surface area contributed by atoms with Gasteiger partial charge in [0, 0.05) is 13.0 Å². The summed E-state index contributed by atoms with van der Waals surface area (Å²) in [6.07, 6.45) is 5.44. The van der Waals surface area contributed by atoms with Crippen LogP contribution < -0.4 is 0 Å². The maximum atomic E-state index is 12.5. The molecule has 1 fully saturated rings. The highest BCUT2D eigenvalue weighted by Gasteiger charge is 2.49. The minimum Gasteiger partial charge on any atom is -0.416 e. The van der Waals surface area contributed by atoms with Crippen molar-refractivity contribution >= 4 is 14.1 Å². The SMILES string of the molecule is CC(C)[Si](OCCC1C(=O)C[C@H]2C=C[C@]1(C)O2)(C(C)C)C(C)C. The molecule has 0 aromatic carbocycles. The van der Waals surface area contributed by atoms with Crippen molar-refractivity contribution in [3.05, 3.63) is 12.2 Å². The van der Waals surface area contributed by atoms with Crippen LogP contribution in [-0.2, 0) is 14.0 Å². The Morgan fingerprint density at radius 2 is 1.78 bits per heavy atom. The molecule has 0 amide bonds. The molecule has 0 aliphatic carbocycles. The maximum absolute atomic E-state index is 12.5. The predicted molar refractivity (Wildman–Crippen MR) is 97.1 cm³/mol. The standard InChI is InChI=1S/C19H34O3Si/c1-13(2)23(14(3)4,15(5)6)21-11-9-17-18(20)12-16-8-10-19(17,7)22-16/h8,10,13-17H,9,11-12H2,1-7H3/t16-,17?,19+/m1/s1. The minimum atomic E-state index is -1.85. The van der Waals surface area contributed by atoms with E-state index in [0.29, 0.717) is 35.4 Å². The number of rotatable bonds is 7. The Morgan fingerprint density at radius 1 is 1.22 bits per heavy atom. The van der Waals surface area contributed by atoms with Crippen LogP contribution in [0.2, 0.25) is 16.6 Å². The quantitative estimate of drug-likeness (QED) is 0.490. The molecular weight excluding hydrogens is 304 g/mol. The molecule has 0 aromatic heterocycles. The van der Waals surface area contributed by atoms with Gasteiger partial charge >= 0.3 is 0 Å². The molecule has 1 saturated heterocycles. The third-order valence-corrected chi connectivity index (χ3v) is 12.1. The van der Waals surface area contributed by atoms with Crippen molar-refractivity contribution in [3.8, 4) is 0 Å². The van der Waals surface area contributed by atoms with E-state index in [1.165, 1.54) is 0 Å². The Balaban J connectivity index is 2.05. The summed E-state index contributed by atoms with van der Waals surface area (Å²) in [6.45, 7) is 16.5. The molecule has 3 nitrogen and oxygen atoms in total. The fourth-order valence-electron chi connectivity index (χ4n) is 4.97. The van der Waals surface area contributed by atoms with Gasteiger partial charge in [-0.3, -0.25) is 4.79 Å². The Hall–Kier alpha value is -0.453. The third kappa shape index (κ3) is 3.35. The van der Waals surface area contributed by atoms with Crippen LogP contribution in [0.5, 0.6) is 0 Å². The second-order valence-corrected chi connectivity index (χ2v) is 13.8. The van der Waals surface area contributed by atoms with Crippen LogP contribution in [0.4, 0.5) is 0 Å². The van der Waals surface area contributed by atoms with Crippen LogP contribution >= 0.6 is 0 Å². The number of carbonyl (C=O) groups is 1. The van der Waals surface area contributed by atoms with Gasteiger partial charge in [-0.15, -0.1) is 0 Å². The Labute approximate surface area is 142 Å². The molecule has 0 radical (unpaired) electrons. The van der Waals surface area contributed by atoms with E-state index in [-0.39, 0.29) is 12.0 Å². The monoisotopic (exact) mass is 338 g/mol. The molecule has 2 heterocycles. The first kappa shape index (κ1) is 18.9. The number of fused-ring (bicyclic) bond motifs is 2. The average molecular weight is 339 g/mol. The molecule has 1 unspecified atom stereocenters. The van der Waals surface area contributed by atoms with Gasteiger partial charge in [-0.1, -0.05) is 53.7 Å². The highest BCUT2D eigenvalue weighted by molar-refractivity contribution is 6.77. The first-order valence-electron chi connectivity index (χ1n) is 9.17. The molecule has 2 rings (SSSR count). The maximum Gasteiger partial charge on any atom is 0.200 e. The van der Waals surface area contributed by atoms with E-state index >= 15 is 0 Å². The molecule has 0 spiro atoms. The van der Waals surface area contributed by atoms with Crippen molar-refractivity contribution in [2.75, 3.05) is 6.61 Å². The number of Topliss-reactive ketones (excluding diaryl/α,β-unsaturated/α-hetero) is 1. The second-order valence-electron chi connectivity index (χ2n) is 8.38. The number of hydrogen-bond donors (Lipinski definition) is 0. The van der Waals surface area contributed by atoms with Gasteiger partial charge in [-0.25, -0.2) is 0 Å². The van der Waals surface area contributed by atoms with Gasteiger partial charge in [0.05, 0.1) is 17.6 Å². The first-order valence-corrected chi connectivity index (χ1v) is 11.3. The van der Waals surface area contributed by atoms with E-state index in [9.17, 15) is 4.79 Å². The predicted octanol–water partition coefficient (Wildman–Crippen LogP) is 4.87. The Kier molecular flexibility index (Phi) is 5.59. The lowest BCUT2D eigenvalue weighted by Gasteiger charge is -2.43. The van der Waals surface area contributed by atoms with E-state index in [1.54, 1.807) is 0 Å². The van der Waals surface area contributed by atoms with Crippen LogP contribution in [0.15, 0.2) is 12.2 Å². The molecule has 23 heavy (non-hydrogen) atoms. The topological polar surface area (TPSA) is 35.5 Å².